The minimum Gasteiger partial charge on any atom is -0.399 e. The summed E-state index contributed by atoms with van der Waals surface area (Å²) in [6.45, 7) is 5.25. The van der Waals surface area contributed by atoms with Crippen molar-refractivity contribution in [1.29, 1.82) is 0 Å². The molecule has 1 saturated heterocycles. The van der Waals surface area contributed by atoms with E-state index in [1.807, 2.05) is 6.92 Å². The van der Waals surface area contributed by atoms with Gasteiger partial charge in [-0.1, -0.05) is 25.8 Å². The number of anilines is 1. The van der Waals surface area contributed by atoms with E-state index in [1.165, 1.54) is 12.8 Å². The van der Waals surface area contributed by atoms with Gasteiger partial charge in [-0.05, 0) is 43.4 Å². The Labute approximate surface area is 122 Å². The Morgan fingerprint density at radius 3 is 2.55 bits per heavy atom. The molecule has 112 valence electrons. The molecule has 4 nitrogen and oxygen atoms in total. The number of nitrogens with two attached hydrogens (primary N) is 1. The Hall–Kier alpha value is -1.07. The minimum absolute atomic E-state index is 0.353. The second kappa shape index (κ2) is 6.14. The zero-order valence-electron chi connectivity index (χ0n) is 12.3. The molecule has 0 aromatic heterocycles. The lowest BCUT2D eigenvalue weighted by Crippen LogP contribution is -2.38. The molecule has 1 aliphatic rings. The summed E-state index contributed by atoms with van der Waals surface area (Å²) >= 11 is 0. The Balaban J connectivity index is 2.18. The lowest BCUT2D eigenvalue weighted by Gasteiger charge is -2.31. The molecule has 1 aromatic carbocycles. The number of nitrogen functional groups attached to an aromatic ring is 1. The first kappa shape index (κ1) is 15.3. The molecular weight excluding hydrogens is 272 g/mol. The molecule has 20 heavy (non-hydrogen) atoms. The molecular formula is C15H24N2O2S. The molecule has 1 fully saturated rings. The number of hydrogen-bond donors (Lipinski definition) is 1. The van der Waals surface area contributed by atoms with E-state index in [2.05, 4.69) is 6.92 Å². The molecule has 0 atom stereocenters. The Bertz CT molecular complexity index is 561. The van der Waals surface area contributed by atoms with Crippen molar-refractivity contribution >= 4 is 15.7 Å². The van der Waals surface area contributed by atoms with Crippen LogP contribution in [0.1, 0.15) is 38.2 Å². The van der Waals surface area contributed by atoms with Gasteiger partial charge in [0.05, 0.1) is 4.90 Å². The van der Waals surface area contributed by atoms with E-state index in [1.54, 1.807) is 22.5 Å². The smallest absolute Gasteiger partial charge is 0.243 e. The summed E-state index contributed by atoms with van der Waals surface area (Å²) in [4.78, 5) is 0.353. The summed E-state index contributed by atoms with van der Waals surface area (Å²) in [6.07, 6.45) is 4.31. The normalized spacial score (nSPS) is 18.3. The van der Waals surface area contributed by atoms with Gasteiger partial charge in [-0.25, -0.2) is 8.42 Å². The molecule has 0 spiro atoms. The lowest BCUT2D eigenvalue weighted by atomic mass is 9.94. The molecule has 0 unspecified atom stereocenters. The van der Waals surface area contributed by atoms with E-state index in [0.717, 1.165) is 18.4 Å². The fourth-order valence-electron chi connectivity index (χ4n) is 2.88. The third kappa shape index (κ3) is 3.15. The van der Waals surface area contributed by atoms with Crippen molar-refractivity contribution in [3.8, 4) is 0 Å². The number of aryl methyl sites for hydroxylation is 1. The van der Waals surface area contributed by atoms with Gasteiger partial charge < -0.3 is 5.73 Å². The summed E-state index contributed by atoms with van der Waals surface area (Å²) < 4.78 is 27.0. The van der Waals surface area contributed by atoms with E-state index < -0.39 is 10.0 Å². The van der Waals surface area contributed by atoms with Gasteiger partial charge in [-0.3, -0.25) is 0 Å². The Morgan fingerprint density at radius 2 is 1.95 bits per heavy atom. The van der Waals surface area contributed by atoms with Gasteiger partial charge in [-0.15, -0.1) is 0 Å². The minimum atomic E-state index is -3.40. The van der Waals surface area contributed by atoms with Crippen LogP contribution in [0.4, 0.5) is 5.69 Å². The largest absolute Gasteiger partial charge is 0.399 e. The van der Waals surface area contributed by atoms with E-state index in [-0.39, 0.29) is 0 Å². The average molecular weight is 296 g/mol. The predicted molar refractivity (Wildman–Crippen MR) is 82.0 cm³/mol. The first-order valence-electron chi connectivity index (χ1n) is 7.31. The number of hydrogen-bond acceptors (Lipinski definition) is 3. The molecule has 0 amide bonds. The second-order valence-corrected chi connectivity index (χ2v) is 7.57. The van der Waals surface area contributed by atoms with Crippen molar-refractivity contribution in [3.05, 3.63) is 23.8 Å². The van der Waals surface area contributed by atoms with E-state index >= 15 is 0 Å². The van der Waals surface area contributed by atoms with Crippen LogP contribution in [0.3, 0.4) is 0 Å². The molecule has 1 heterocycles. The van der Waals surface area contributed by atoms with Gasteiger partial charge in [0.1, 0.15) is 0 Å². The highest BCUT2D eigenvalue weighted by atomic mass is 32.2. The molecule has 5 heteroatoms. The Morgan fingerprint density at radius 1 is 1.30 bits per heavy atom. The summed E-state index contributed by atoms with van der Waals surface area (Å²) in [6, 6.07) is 5.08. The van der Waals surface area contributed by atoms with Crippen molar-refractivity contribution in [2.75, 3.05) is 18.8 Å². The highest BCUT2D eigenvalue weighted by Gasteiger charge is 2.30. The maximum absolute atomic E-state index is 12.7. The van der Waals surface area contributed by atoms with Crippen molar-refractivity contribution in [2.45, 2.75) is 44.4 Å². The van der Waals surface area contributed by atoms with Crippen LogP contribution in [0, 0.1) is 12.8 Å². The molecule has 0 radical (unpaired) electrons. The number of nitrogens with zero attached hydrogens (tertiary/aromatic N) is 1. The van der Waals surface area contributed by atoms with E-state index in [4.69, 9.17) is 5.73 Å². The topological polar surface area (TPSA) is 63.4 Å². The SMILES string of the molecule is CCCC1CCN(S(=O)(=O)c2cc(N)ccc2C)CC1. The fraction of sp³-hybridized carbons (Fsp3) is 0.600. The van der Waals surface area contributed by atoms with Gasteiger partial charge in [0, 0.05) is 18.8 Å². The highest BCUT2D eigenvalue weighted by molar-refractivity contribution is 7.89. The first-order chi connectivity index (χ1) is 9.45. The van der Waals surface area contributed by atoms with Crippen LogP contribution in [0.25, 0.3) is 0 Å². The van der Waals surface area contributed by atoms with E-state index in [0.29, 0.717) is 29.6 Å². The number of rotatable bonds is 4. The summed E-state index contributed by atoms with van der Waals surface area (Å²) in [5.41, 5.74) is 6.99. The van der Waals surface area contributed by atoms with Crippen LogP contribution in [0.5, 0.6) is 0 Å². The summed E-state index contributed by atoms with van der Waals surface area (Å²) in [5, 5.41) is 0. The third-order valence-corrected chi connectivity index (χ3v) is 6.14. The molecule has 1 aromatic rings. The molecule has 2 rings (SSSR count). The standard InChI is InChI=1S/C15H24N2O2S/c1-3-4-13-7-9-17(10-8-13)20(18,19)15-11-14(16)6-5-12(15)2/h5-6,11,13H,3-4,7-10,16H2,1-2H3. The van der Waals surface area contributed by atoms with Crippen molar-refractivity contribution in [1.82, 2.24) is 4.31 Å². The molecule has 0 aliphatic carbocycles. The Kier molecular flexibility index (Phi) is 4.70. The van der Waals surface area contributed by atoms with Crippen LogP contribution < -0.4 is 5.73 Å². The lowest BCUT2D eigenvalue weighted by molar-refractivity contribution is 0.262. The zero-order chi connectivity index (χ0) is 14.8. The second-order valence-electron chi connectivity index (χ2n) is 5.66. The number of benzene rings is 1. The highest BCUT2D eigenvalue weighted by Crippen LogP contribution is 2.28. The van der Waals surface area contributed by atoms with E-state index in [9.17, 15) is 8.42 Å². The predicted octanol–water partition coefficient (Wildman–Crippen LogP) is 2.78. The van der Waals surface area contributed by atoms with Crippen LogP contribution in [-0.4, -0.2) is 25.8 Å². The van der Waals surface area contributed by atoms with Crippen LogP contribution in [0.2, 0.25) is 0 Å². The maximum atomic E-state index is 12.7. The molecule has 2 N–H and O–H groups in total. The fourth-order valence-corrected chi connectivity index (χ4v) is 4.61. The summed E-state index contributed by atoms with van der Waals surface area (Å²) in [7, 11) is -3.40. The van der Waals surface area contributed by atoms with Gasteiger partial charge >= 0.3 is 0 Å². The van der Waals surface area contributed by atoms with Crippen LogP contribution in [0.15, 0.2) is 23.1 Å². The van der Waals surface area contributed by atoms with Crippen LogP contribution >= 0.6 is 0 Å². The van der Waals surface area contributed by atoms with Crippen molar-refractivity contribution in [2.24, 2.45) is 5.92 Å². The quantitative estimate of drug-likeness (QED) is 0.869. The summed E-state index contributed by atoms with van der Waals surface area (Å²) in [5.74, 6) is 0.674. The molecule has 1 aliphatic heterocycles. The van der Waals surface area contributed by atoms with Gasteiger partial charge in [0.15, 0.2) is 0 Å². The average Bonchev–Trinajstić information content (AvgIpc) is 2.42. The van der Waals surface area contributed by atoms with Gasteiger partial charge in [-0.2, -0.15) is 4.31 Å². The first-order valence-corrected chi connectivity index (χ1v) is 8.75. The number of sulfonamides is 1. The van der Waals surface area contributed by atoms with Gasteiger partial charge in [0.2, 0.25) is 10.0 Å². The van der Waals surface area contributed by atoms with Crippen molar-refractivity contribution < 1.29 is 8.42 Å². The van der Waals surface area contributed by atoms with Crippen LogP contribution in [-0.2, 0) is 10.0 Å². The number of piperidine rings is 1. The van der Waals surface area contributed by atoms with Gasteiger partial charge in [0.25, 0.3) is 0 Å². The van der Waals surface area contributed by atoms with Crippen molar-refractivity contribution in [3.63, 3.8) is 0 Å². The molecule has 0 saturated carbocycles. The monoisotopic (exact) mass is 296 g/mol. The third-order valence-electron chi connectivity index (χ3n) is 4.10. The zero-order valence-corrected chi connectivity index (χ0v) is 13.1. The molecule has 0 bridgehead atoms. The maximum Gasteiger partial charge on any atom is 0.243 e.